The molecular weight excluding hydrogens is 430 g/mol. The molecule has 0 unspecified atom stereocenters. The highest BCUT2D eigenvalue weighted by Crippen LogP contribution is 2.37. The third kappa shape index (κ3) is 4.96. The molecular formula is C20H20F2N4S3. The number of hydrogen-bond donors (Lipinski definition) is 2. The third-order valence-corrected chi connectivity index (χ3v) is 7.06. The number of anilines is 4. The van der Waals surface area contributed by atoms with Crippen molar-refractivity contribution in [2.75, 3.05) is 28.0 Å². The molecule has 1 saturated heterocycles. The molecule has 1 fully saturated rings. The standard InChI is InChI=1S/C20H20F2N4S3/c1-13-4-5-17(18(8-13)26-6-2-3-7-26)24-20-15(21)9-14(10-16(20)22)28-29-25-19-11-27-12-23-19/h4-5,8-12,24-25H,2-3,6-7H2,1H3. The molecule has 0 saturated carbocycles. The minimum Gasteiger partial charge on any atom is -0.370 e. The summed E-state index contributed by atoms with van der Waals surface area (Å²) in [6, 6.07) is 8.58. The van der Waals surface area contributed by atoms with E-state index in [1.165, 1.54) is 45.2 Å². The monoisotopic (exact) mass is 450 g/mol. The minimum absolute atomic E-state index is 0.129. The number of benzene rings is 2. The first-order valence-corrected chi connectivity index (χ1v) is 12.3. The minimum atomic E-state index is -0.616. The van der Waals surface area contributed by atoms with Crippen LogP contribution in [0.1, 0.15) is 18.4 Å². The van der Waals surface area contributed by atoms with Crippen molar-refractivity contribution in [3.63, 3.8) is 0 Å². The van der Waals surface area contributed by atoms with Crippen LogP contribution in [-0.2, 0) is 0 Å². The van der Waals surface area contributed by atoms with E-state index < -0.39 is 11.6 Å². The van der Waals surface area contributed by atoms with Crippen LogP contribution in [-0.4, -0.2) is 18.1 Å². The molecule has 0 bridgehead atoms. The van der Waals surface area contributed by atoms with Crippen LogP contribution in [0.3, 0.4) is 0 Å². The van der Waals surface area contributed by atoms with Gasteiger partial charge in [0.15, 0.2) is 11.6 Å². The average molecular weight is 451 g/mol. The Bertz CT molecular complexity index is 953. The van der Waals surface area contributed by atoms with E-state index >= 15 is 0 Å². The van der Waals surface area contributed by atoms with Gasteiger partial charge in [0.25, 0.3) is 0 Å². The molecule has 9 heteroatoms. The molecule has 0 amide bonds. The fraction of sp³-hybridized carbons (Fsp3) is 0.250. The highest BCUT2D eigenvalue weighted by atomic mass is 33.1. The lowest BCUT2D eigenvalue weighted by Crippen LogP contribution is -2.19. The molecule has 2 aromatic carbocycles. The molecule has 29 heavy (non-hydrogen) atoms. The number of rotatable bonds is 7. The number of nitrogens with one attached hydrogen (secondary N) is 2. The lowest BCUT2D eigenvalue weighted by Gasteiger charge is -2.23. The van der Waals surface area contributed by atoms with Gasteiger partial charge in [0.1, 0.15) is 11.5 Å². The van der Waals surface area contributed by atoms with E-state index in [0.717, 1.165) is 48.7 Å². The van der Waals surface area contributed by atoms with Gasteiger partial charge in [-0.15, -0.1) is 11.3 Å². The Morgan fingerprint density at radius 2 is 1.86 bits per heavy atom. The van der Waals surface area contributed by atoms with E-state index in [1.54, 1.807) is 5.51 Å². The summed E-state index contributed by atoms with van der Waals surface area (Å²) in [6.45, 7) is 3.94. The number of thiazole rings is 1. The second-order valence-electron chi connectivity index (χ2n) is 6.74. The lowest BCUT2D eigenvalue weighted by molar-refractivity contribution is 0.585. The Morgan fingerprint density at radius 3 is 2.55 bits per heavy atom. The zero-order valence-electron chi connectivity index (χ0n) is 15.7. The van der Waals surface area contributed by atoms with E-state index in [9.17, 15) is 8.78 Å². The summed E-state index contributed by atoms with van der Waals surface area (Å²) in [5.41, 5.74) is 4.42. The zero-order chi connectivity index (χ0) is 20.2. The smallest absolute Gasteiger partial charge is 0.150 e. The lowest BCUT2D eigenvalue weighted by atomic mass is 10.1. The first-order chi connectivity index (χ1) is 14.1. The Balaban J connectivity index is 1.50. The average Bonchev–Trinajstić information content (AvgIpc) is 3.40. The molecule has 2 N–H and O–H groups in total. The van der Waals surface area contributed by atoms with Gasteiger partial charge in [0.2, 0.25) is 0 Å². The molecule has 2 heterocycles. The predicted molar refractivity (Wildman–Crippen MR) is 121 cm³/mol. The quantitative estimate of drug-likeness (QED) is 0.303. The Labute approximate surface area is 180 Å². The number of aryl methyl sites for hydroxylation is 1. The van der Waals surface area contributed by atoms with Gasteiger partial charge in [-0.2, -0.15) is 0 Å². The van der Waals surface area contributed by atoms with Gasteiger partial charge in [-0.3, -0.25) is 0 Å². The van der Waals surface area contributed by atoms with Crippen molar-refractivity contribution in [1.82, 2.24) is 4.98 Å². The molecule has 1 aliphatic rings. The maximum atomic E-state index is 14.7. The number of halogens is 2. The summed E-state index contributed by atoms with van der Waals surface area (Å²) in [6.07, 6.45) is 2.27. The molecule has 0 atom stereocenters. The topological polar surface area (TPSA) is 40.2 Å². The maximum absolute atomic E-state index is 14.7. The van der Waals surface area contributed by atoms with Crippen LogP contribution >= 0.6 is 33.1 Å². The first kappa shape index (κ1) is 20.3. The number of aromatic nitrogens is 1. The van der Waals surface area contributed by atoms with Crippen LogP contribution in [0.5, 0.6) is 0 Å². The second-order valence-corrected chi connectivity index (χ2v) is 9.47. The predicted octanol–water partition coefficient (Wildman–Crippen LogP) is 6.84. The summed E-state index contributed by atoms with van der Waals surface area (Å²) >= 11 is 1.48. The fourth-order valence-electron chi connectivity index (χ4n) is 3.19. The molecule has 4 rings (SSSR count). The van der Waals surface area contributed by atoms with Crippen molar-refractivity contribution in [2.24, 2.45) is 0 Å². The van der Waals surface area contributed by atoms with Gasteiger partial charge >= 0.3 is 0 Å². The van der Waals surface area contributed by atoms with E-state index in [1.807, 2.05) is 24.4 Å². The molecule has 4 nitrogen and oxygen atoms in total. The molecule has 3 aromatic rings. The van der Waals surface area contributed by atoms with Crippen LogP contribution in [0.2, 0.25) is 0 Å². The van der Waals surface area contributed by atoms with Crippen LogP contribution < -0.4 is 14.9 Å². The largest absolute Gasteiger partial charge is 0.370 e. The highest BCUT2D eigenvalue weighted by Gasteiger charge is 2.19. The van der Waals surface area contributed by atoms with Crippen LogP contribution in [0.15, 0.2) is 46.1 Å². The van der Waals surface area contributed by atoms with E-state index in [-0.39, 0.29) is 5.69 Å². The van der Waals surface area contributed by atoms with Crippen molar-refractivity contribution in [3.05, 3.63) is 58.4 Å². The SMILES string of the molecule is Cc1ccc(Nc2c(F)cc(SSNc3cscn3)cc2F)c(N2CCCC2)c1. The Hall–Kier alpha value is -1.97. The number of nitrogens with zero attached hydrogens (tertiary/aromatic N) is 2. The second kappa shape index (κ2) is 9.23. The molecule has 1 aromatic heterocycles. The van der Waals surface area contributed by atoms with Crippen molar-refractivity contribution < 1.29 is 8.78 Å². The van der Waals surface area contributed by atoms with Crippen LogP contribution in [0.25, 0.3) is 0 Å². The molecule has 1 aliphatic heterocycles. The highest BCUT2D eigenvalue weighted by molar-refractivity contribution is 8.77. The van der Waals surface area contributed by atoms with E-state index in [0.29, 0.717) is 4.90 Å². The molecule has 0 radical (unpaired) electrons. The van der Waals surface area contributed by atoms with Crippen molar-refractivity contribution in [1.29, 1.82) is 0 Å². The van der Waals surface area contributed by atoms with Gasteiger partial charge < -0.3 is 14.9 Å². The van der Waals surface area contributed by atoms with Gasteiger partial charge in [0.05, 0.1) is 16.9 Å². The van der Waals surface area contributed by atoms with Gasteiger partial charge in [-0.05, 0) is 60.4 Å². The van der Waals surface area contributed by atoms with Crippen molar-refractivity contribution >= 4 is 56.0 Å². The summed E-state index contributed by atoms with van der Waals surface area (Å²) < 4.78 is 32.5. The third-order valence-electron chi connectivity index (χ3n) is 4.59. The maximum Gasteiger partial charge on any atom is 0.150 e. The fourth-order valence-corrected chi connectivity index (χ4v) is 5.35. The summed E-state index contributed by atoms with van der Waals surface area (Å²) in [5.74, 6) is -0.509. The van der Waals surface area contributed by atoms with Crippen molar-refractivity contribution in [3.8, 4) is 0 Å². The van der Waals surface area contributed by atoms with Gasteiger partial charge in [0, 0.05) is 34.3 Å². The van der Waals surface area contributed by atoms with Crippen molar-refractivity contribution in [2.45, 2.75) is 24.7 Å². The normalized spacial score (nSPS) is 13.7. The Morgan fingerprint density at radius 1 is 1.10 bits per heavy atom. The molecule has 0 aliphatic carbocycles. The Kier molecular flexibility index (Phi) is 6.46. The summed E-state index contributed by atoms with van der Waals surface area (Å²) in [5, 5.41) is 4.85. The van der Waals surface area contributed by atoms with Crippen LogP contribution in [0, 0.1) is 18.6 Å². The number of hydrogen-bond acceptors (Lipinski definition) is 7. The van der Waals surface area contributed by atoms with Gasteiger partial charge in [-0.1, -0.05) is 6.07 Å². The summed E-state index contributed by atoms with van der Waals surface area (Å²) in [4.78, 5) is 6.85. The van der Waals surface area contributed by atoms with E-state index in [4.69, 9.17) is 0 Å². The zero-order valence-corrected chi connectivity index (χ0v) is 18.2. The van der Waals surface area contributed by atoms with Gasteiger partial charge in [-0.25, -0.2) is 13.8 Å². The molecule has 0 spiro atoms. The molecule has 152 valence electrons. The summed E-state index contributed by atoms with van der Waals surface area (Å²) in [7, 11) is 2.50. The van der Waals surface area contributed by atoms with E-state index in [2.05, 4.69) is 26.0 Å². The van der Waals surface area contributed by atoms with Crippen LogP contribution in [0.4, 0.5) is 31.7 Å². The first-order valence-electron chi connectivity index (χ1n) is 9.19.